The minimum atomic E-state index is -0.129. The average Bonchev–Trinajstić information content (AvgIpc) is 2.96. The van der Waals surface area contributed by atoms with Gasteiger partial charge in [0.15, 0.2) is 0 Å². The van der Waals surface area contributed by atoms with E-state index in [0.29, 0.717) is 5.91 Å². The van der Waals surface area contributed by atoms with Crippen LogP contribution >= 0.6 is 0 Å². The van der Waals surface area contributed by atoms with E-state index >= 15 is 0 Å². The molecule has 0 N–H and O–H groups in total. The number of amides is 1. The molecular weight excluding hydrogens is 296 g/mol. The smallest absolute Gasteiger partial charge is 0.230 e. The lowest BCUT2D eigenvalue weighted by molar-refractivity contribution is -0.146. The van der Waals surface area contributed by atoms with Crippen LogP contribution in [0.25, 0.3) is 0 Å². The van der Waals surface area contributed by atoms with E-state index in [1.54, 1.807) is 0 Å². The molecule has 1 atom stereocenters. The Morgan fingerprint density at radius 1 is 1.29 bits per heavy atom. The van der Waals surface area contributed by atoms with Crippen LogP contribution in [0, 0.1) is 12.3 Å². The first-order chi connectivity index (χ1) is 11.5. The second kappa shape index (κ2) is 7.10. The van der Waals surface area contributed by atoms with E-state index in [9.17, 15) is 4.79 Å². The summed E-state index contributed by atoms with van der Waals surface area (Å²) in [7, 11) is 0. The largest absolute Gasteiger partial charge is 0.338 e. The summed E-state index contributed by atoms with van der Waals surface area (Å²) >= 11 is 0. The molecule has 24 heavy (non-hydrogen) atoms. The molecule has 3 nitrogen and oxygen atoms in total. The summed E-state index contributed by atoms with van der Waals surface area (Å²) in [6.45, 7) is 11.0. The zero-order valence-corrected chi connectivity index (χ0v) is 15.3. The van der Waals surface area contributed by atoms with Gasteiger partial charge in [-0.3, -0.25) is 9.69 Å². The summed E-state index contributed by atoms with van der Waals surface area (Å²) in [5.41, 5.74) is 3.78. The Morgan fingerprint density at radius 3 is 2.88 bits per heavy atom. The highest BCUT2D eigenvalue weighted by Gasteiger charge is 2.48. The summed E-state index contributed by atoms with van der Waals surface area (Å²) in [4.78, 5) is 17.8. The van der Waals surface area contributed by atoms with E-state index in [1.807, 2.05) is 0 Å². The Labute approximate surface area is 146 Å². The lowest BCUT2D eigenvalue weighted by Crippen LogP contribution is -2.49. The van der Waals surface area contributed by atoms with Crippen LogP contribution in [-0.2, 0) is 11.3 Å². The number of nitrogens with zero attached hydrogens (tertiary/aromatic N) is 2. The topological polar surface area (TPSA) is 23.6 Å². The molecule has 130 valence electrons. The van der Waals surface area contributed by atoms with Crippen molar-refractivity contribution in [3.05, 3.63) is 47.0 Å². The standard InChI is InChI=1S/C21H30N2O/c1-4-17(2)14-22-12-10-21(16-22)9-6-11-23(20(21)24)15-19-8-5-7-18(3)13-19/h4-5,7-8,13H,6,9-12,14-16H2,1-3H3/b17-4+. The average molecular weight is 326 g/mol. The number of rotatable bonds is 4. The number of carbonyl (C=O) groups is 1. The van der Waals surface area contributed by atoms with Crippen LogP contribution in [0.1, 0.15) is 44.2 Å². The maximum absolute atomic E-state index is 13.2. The molecular formula is C21H30N2O. The summed E-state index contributed by atoms with van der Waals surface area (Å²) in [5.74, 6) is 0.385. The van der Waals surface area contributed by atoms with Crippen molar-refractivity contribution in [2.75, 3.05) is 26.2 Å². The van der Waals surface area contributed by atoms with Crippen molar-refractivity contribution in [2.24, 2.45) is 5.41 Å². The summed E-state index contributed by atoms with van der Waals surface area (Å²) in [6, 6.07) is 8.54. The van der Waals surface area contributed by atoms with E-state index in [0.717, 1.165) is 52.0 Å². The van der Waals surface area contributed by atoms with E-state index in [-0.39, 0.29) is 5.41 Å². The Hall–Kier alpha value is -1.61. The summed E-state index contributed by atoms with van der Waals surface area (Å²) in [6.07, 6.45) is 5.39. The van der Waals surface area contributed by atoms with Gasteiger partial charge in [-0.25, -0.2) is 0 Å². The molecule has 1 aromatic rings. The van der Waals surface area contributed by atoms with E-state index < -0.39 is 0 Å². The van der Waals surface area contributed by atoms with Gasteiger partial charge in [-0.05, 0) is 52.1 Å². The molecule has 1 unspecified atom stereocenters. The second-order valence-corrected chi connectivity index (χ2v) is 7.70. The monoisotopic (exact) mass is 326 g/mol. The van der Waals surface area contributed by atoms with Crippen molar-refractivity contribution >= 4 is 5.91 Å². The lowest BCUT2D eigenvalue weighted by Gasteiger charge is -2.39. The van der Waals surface area contributed by atoms with Crippen LogP contribution in [0.15, 0.2) is 35.9 Å². The number of aryl methyl sites for hydroxylation is 1. The van der Waals surface area contributed by atoms with Gasteiger partial charge in [-0.15, -0.1) is 0 Å². The predicted molar refractivity (Wildman–Crippen MR) is 98.8 cm³/mol. The first-order valence-electron chi connectivity index (χ1n) is 9.21. The molecule has 1 spiro atoms. The third-order valence-electron chi connectivity index (χ3n) is 5.68. The van der Waals surface area contributed by atoms with Crippen molar-refractivity contribution in [3.63, 3.8) is 0 Å². The molecule has 3 rings (SSSR count). The maximum atomic E-state index is 13.2. The highest BCUT2D eigenvalue weighted by atomic mass is 16.2. The molecule has 0 radical (unpaired) electrons. The normalized spacial score (nSPS) is 25.7. The van der Waals surface area contributed by atoms with Gasteiger partial charge in [0.05, 0.1) is 5.41 Å². The molecule has 2 aliphatic heterocycles. The van der Waals surface area contributed by atoms with Crippen LogP contribution in [0.5, 0.6) is 0 Å². The molecule has 0 aromatic heterocycles. The van der Waals surface area contributed by atoms with Crippen molar-refractivity contribution in [2.45, 2.75) is 46.6 Å². The molecule has 1 aromatic carbocycles. The summed E-state index contributed by atoms with van der Waals surface area (Å²) in [5, 5.41) is 0. The SMILES string of the molecule is C/C=C(\C)CN1CCC2(CCCN(Cc3cccc(C)c3)C2=O)C1. The molecule has 2 saturated heterocycles. The minimum Gasteiger partial charge on any atom is -0.338 e. The van der Waals surface area contributed by atoms with Crippen LogP contribution in [-0.4, -0.2) is 41.9 Å². The highest BCUT2D eigenvalue weighted by Crippen LogP contribution is 2.40. The van der Waals surface area contributed by atoms with Gasteiger partial charge < -0.3 is 4.90 Å². The third-order valence-corrected chi connectivity index (χ3v) is 5.68. The Morgan fingerprint density at radius 2 is 2.12 bits per heavy atom. The number of likely N-dealkylation sites (tertiary alicyclic amines) is 2. The second-order valence-electron chi connectivity index (χ2n) is 7.70. The van der Waals surface area contributed by atoms with Gasteiger partial charge in [0.25, 0.3) is 0 Å². The van der Waals surface area contributed by atoms with Crippen molar-refractivity contribution in [1.29, 1.82) is 0 Å². The number of hydrogen-bond acceptors (Lipinski definition) is 2. The summed E-state index contributed by atoms with van der Waals surface area (Å²) < 4.78 is 0. The molecule has 1 amide bonds. The quantitative estimate of drug-likeness (QED) is 0.786. The zero-order valence-electron chi connectivity index (χ0n) is 15.3. The molecule has 0 bridgehead atoms. The molecule has 2 aliphatic rings. The first kappa shape index (κ1) is 17.2. The van der Waals surface area contributed by atoms with Gasteiger partial charge in [0, 0.05) is 26.2 Å². The minimum absolute atomic E-state index is 0.129. The van der Waals surface area contributed by atoms with E-state index in [4.69, 9.17) is 0 Å². The molecule has 0 saturated carbocycles. The fourth-order valence-corrected chi connectivity index (χ4v) is 4.25. The van der Waals surface area contributed by atoms with Gasteiger partial charge >= 0.3 is 0 Å². The first-order valence-corrected chi connectivity index (χ1v) is 9.21. The Balaban J connectivity index is 1.69. The third kappa shape index (κ3) is 3.56. The molecule has 3 heteroatoms. The van der Waals surface area contributed by atoms with Gasteiger partial charge in [-0.1, -0.05) is 41.5 Å². The fraction of sp³-hybridized carbons (Fsp3) is 0.571. The highest BCUT2D eigenvalue weighted by molar-refractivity contribution is 5.84. The van der Waals surface area contributed by atoms with E-state index in [1.165, 1.54) is 16.7 Å². The zero-order chi connectivity index (χ0) is 17.2. The van der Waals surface area contributed by atoms with Crippen molar-refractivity contribution in [3.8, 4) is 0 Å². The van der Waals surface area contributed by atoms with Crippen LogP contribution < -0.4 is 0 Å². The van der Waals surface area contributed by atoms with Crippen LogP contribution in [0.4, 0.5) is 0 Å². The molecule has 0 aliphatic carbocycles. The van der Waals surface area contributed by atoms with Crippen molar-refractivity contribution in [1.82, 2.24) is 9.80 Å². The van der Waals surface area contributed by atoms with Gasteiger partial charge in [-0.2, -0.15) is 0 Å². The van der Waals surface area contributed by atoms with E-state index in [2.05, 4.69) is 60.9 Å². The Bertz CT molecular complexity index is 636. The maximum Gasteiger partial charge on any atom is 0.230 e. The number of piperidine rings is 1. The number of carbonyl (C=O) groups excluding carboxylic acids is 1. The number of benzene rings is 1. The fourth-order valence-electron chi connectivity index (χ4n) is 4.25. The number of hydrogen-bond donors (Lipinski definition) is 0. The molecule has 2 heterocycles. The lowest BCUT2D eigenvalue weighted by atomic mass is 9.78. The molecule has 2 fully saturated rings. The van der Waals surface area contributed by atoms with Crippen LogP contribution in [0.2, 0.25) is 0 Å². The number of allylic oxidation sites excluding steroid dienone is 1. The van der Waals surface area contributed by atoms with Gasteiger partial charge in [0.2, 0.25) is 5.91 Å². The van der Waals surface area contributed by atoms with Crippen LogP contribution in [0.3, 0.4) is 0 Å². The Kier molecular flexibility index (Phi) is 5.09. The predicted octanol–water partition coefficient (Wildman–Crippen LogP) is 3.78. The van der Waals surface area contributed by atoms with Gasteiger partial charge in [0.1, 0.15) is 0 Å². The van der Waals surface area contributed by atoms with Crippen molar-refractivity contribution < 1.29 is 4.79 Å².